The van der Waals surface area contributed by atoms with Gasteiger partial charge >= 0.3 is 6.09 Å². The predicted octanol–water partition coefficient (Wildman–Crippen LogP) is 4.50. The van der Waals surface area contributed by atoms with E-state index in [4.69, 9.17) is 4.74 Å². The van der Waals surface area contributed by atoms with E-state index in [9.17, 15) is 20.0 Å². The molecule has 2 aromatic rings. The predicted molar refractivity (Wildman–Crippen MR) is 108 cm³/mol. The van der Waals surface area contributed by atoms with Gasteiger partial charge in [-0.25, -0.2) is 4.79 Å². The molecule has 1 aromatic carbocycles. The molecule has 1 amide bonds. The number of nitro benzene ring substituents is 1. The zero-order valence-corrected chi connectivity index (χ0v) is 16.7. The lowest BCUT2D eigenvalue weighted by Crippen LogP contribution is -2.51. The quantitative estimate of drug-likeness (QED) is 0.523. The monoisotopic (exact) mass is 399 g/mol. The van der Waals surface area contributed by atoms with Crippen LogP contribution < -0.4 is 10.1 Å². The van der Waals surface area contributed by atoms with Crippen LogP contribution in [0.25, 0.3) is 11.1 Å². The van der Waals surface area contributed by atoms with E-state index in [0.717, 1.165) is 12.8 Å². The number of nitrogens with zero attached hydrogens (tertiary/aromatic N) is 2. The summed E-state index contributed by atoms with van der Waals surface area (Å²) in [6, 6.07) is 7.90. The molecule has 1 aliphatic carbocycles. The molecule has 8 heteroatoms. The molecule has 3 rings (SSSR count). The van der Waals surface area contributed by atoms with Crippen LogP contribution >= 0.6 is 0 Å². The van der Waals surface area contributed by atoms with Crippen molar-refractivity contribution in [1.82, 2.24) is 10.3 Å². The van der Waals surface area contributed by atoms with Gasteiger partial charge in [-0.2, -0.15) is 0 Å². The van der Waals surface area contributed by atoms with Gasteiger partial charge in [-0.3, -0.25) is 15.1 Å². The molecule has 1 heterocycles. The molecule has 1 aromatic heterocycles. The first-order valence-electron chi connectivity index (χ1n) is 9.43. The van der Waals surface area contributed by atoms with E-state index in [0.29, 0.717) is 23.5 Å². The van der Waals surface area contributed by atoms with Gasteiger partial charge in [0.2, 0.25) is 0 Å². The lowest BCUT2D eigenvalue weighted by atomic mass is 9.77. The number of nitrogens with one attached hydrogen (secondary N) is 1. The first-order chi connectivity index (χ1) is 13.6. The zero-order valence-electron chi connectivity index (χ0n) is 16.7. The van der Waals surface area contributed by atoms with Gasteiger partial charge in [-0.05, 0) is 29.9 Å². The molecule has 0 spiro atoms. The van der Waals surface area contributed by atoms with Crippen LogP contribution in [-0.2, 0) is 0 Å². The average Bonchev–Trinajstić information content (AvgIpc) is 3.45. The Kier molecular flexibility index (Phi) is 5.46. The summed E-state index contributed by atoms with van der Waals surface area (Å²) in [6.45, 7) is 6.41. The van der Waals surface area contributed by atoms with Gasteiger partial charge < -0.3 is 15.2 Å². The largest absolute Gasteiger partial charge is 0.491 e. The molecular formula is C21H25N3O5. The molecule has 29 heavy (non-hydrogen) atoms. The van der Waals surface area contributed by atoms with Crippen molar-refractivity contribution in [1.29, 1.82) is 0 Å². The van der Waals surface area contributed by atoms with Crippen molar-refractivity contribution in [2.75, 3.05) is 6.61 Å². The van der Waals surface area contributed by atoms with Crippen LogP contribution in [-0.4, -0.2) is 33.8 Å². The fraction of sp³-hybridized carbons (Fsp3) is 0.429. The molecule has 1 aliphatic rings. The highest BCUT2D eigenvalue weighted by molar-refractivity contribution is 5.66. The maximum absolute atomic E-state index is 11.3. The second-order valence-electron chi connectivity index (χ2n) is 8.62. The minimum atomic E-state index is -1.04. The number of aromatic nitrogens is 1. The fourth-order valence-electron chi connectivity index (χ4n) is 3.77. The first kappa shape index (κ1) is 20.6. The summed E-state index contributed by atoms with van der Waals surface area (Å²) in [5.74, 6) is 0.545. The molecule has 0 radical (unpaired) electrons. The van der Waals surface area contributed by atoms with Crippen molar-refractivity contribution in [3.8, 4) is 16.9 Å². The summed E-state index contributed by atoms with van der Waals surface area (Å²) in [7, 11) is 0. The molecule has 1 saturated carbocycles. The maximum atomic E-state index is 11.3. The summed E-state index contributed by atoms with van der Waals surface area (Å²) in [5, 5.41) is 22.9. The van der Waals surface area contributed by atoms with Crippen LogP contribution in [0.5, 0.6) is 5.75 Å². The molecule has 1 unspecified atom stereocenters. The minimum Gasteiger partial charge on any atom is -0.491 e. The smallest absolute Gasteiger partial charge is 0.404 e. The molecule has 154 valence electrons. The normalized spacial score (nSPS) is 16.0. The summed E-state index contributed by atoms with van der Waals surface area (Å²) in [6.07, 6.45) is 3.95. The summed E-state index contributed by atoms with van der Waals surface area (Å²) in [5.41, 5.74) is 0.906. The van der Waals surface area contributed by atoms with Crippen molar-refractivity contribution in [3.05, 3.63) is 52.8 Å². The maximum Gasteiger partial charge on any atom is 0.404 e. The van der Waals surface area contributed by atoms with Gasteiger partial charge in [0.05, 0.1) is 17.7 Å². The highest BCUT2D eigenvalue weighted by atomic mass is 16.6. The highest BCUT2D eigenvalue weighted by Crippen LogP contribution is 2.53. The molecule has 1 fully saturated rings. The molecule has 8 nitrogen and oxygen atoms in total. The summed E-state index contributed by atoms with van der Waals surface area (Å²) >= 11 is 0. The number of ether oxygens (including phenoxy) is 1. The van der Waals surface area contributed by atoms with Crippen LogP contribution in [0.1, 0.15) is 33.6 Å². The standard InChI is InChI=1S/C21H25N3O5/c1-20(2,3)18(23-19(25)26)21(7-8-21)13-29-17-10-15(11-22-12-17)14-5-4-6-16(9-14)24(27)28/h4-6,9-12,18,23H,7-8,13H2,1-3H3,(H,25,26). The van der Waals surface area contributed by atoms with Gasteiger partial charge in [-0.1, -0.05) is 32.9 Å². The Morgan fingerprint density at radius 2 is 2.03 bits per heavy atom. The lowest BCUT2D eigenvalue weighted by Gasteiger charge is -2.37. The third-order valence-corrected chi connectivity index (χ3v) is 5.27. The van der Waals surface area contributed by atoms with Crippen molar-refractivity contribution in [2.45, 2.75) is 39.7 Å². The third-order valence-electron chi connectivity index (χ3n) is 5.27. The van der Waals surface area contributed by atoms with E-state index < -0.39 is 11.0 Å². The van der Waals surface area contributed by atoms with Crippen LogP contribution in [0.3, 0.4) is 0 Å². The Labute approximate surface area is 169 Å². The van der Waals surface area contributed by atoms with Crippen molar-refractivity contribution < 1.29 is 19.6 Å². The Balaban J connectivity index is 1.76. The van der Waals surface area contributed by atoms with Crippen LogP contribution in [0.15, 0.2) is 42.7 Å². The average molecular weight is 399 g/mol. The number of amides is 1. The second-order valence-corrected chi connectivity index (χ2v) is 8.62. The first-order valence-corrected chi connectivity index (χ1v) is 9.43. The minimum absolute atomic E-state index is 0.0125. The van der Waals surface area contributed by atoms with Gasteiger partial charge in [0.25, 0.3) is 5.69 Å². The number of carboxylic acid groups (broad SMARTS) is 1. The fourth-order valence-corrected chi connectivity index (χ4v) is 3.77. The van der Waals surface area contributed by atoms with Crippen LogP contribution in [0.4, 0.5) is 10.5 Å². The zero-order chi connectivity index (χ0) is 21.2. The Morgan fingerprint density at radius 1 is 1.31 bits per heavy atom. The number of nitro groups is 1. The molecule has 0 aliphatic heterocycles. The van der Waals surface area contributed by atoms with E-state index in [2.05, 4.69) is 10.3 Å². The number of hydrogen-bond acceptors (Lipinski definition) is 5. The lowest BCUT2D eigenvalue weighted by molar-refractivity contribution is -0.384. The van der Waals surface area contributed by atoms with Gasteiger partial charge in [0, 0.05) is 35.3 Å². The van der Waals surface area contributed by atoms with Crippen molar-refractivity contribution in [3.63, 3.8) is 0 Å². The Bertz CT molecular complexity index is 919. The van der Waals surface area contributed by atoms with E-state index in [1.807, 2.05) is 20.8 Å². The second kappa shape index (κ2) is 7.69. The number of carbonyl (C=O) groups is 1. The topological polar surface area (TPSA) is 115 Å². The molecule has 0 bridgehead atoms. The molecule has 0 saturated heterocycles. The van der Waals surface area contributed by atoms with Gasteiger partial charge in [-0.15, -0.1) is 0 Å². The van der Waals surface area contributed by atoms with E-state index in [-0.39, 0.29) is 22.6 Å². The number of rotatable bonds is 7. The van der Waals surface area contributed by atoms with Crippen LogP contribution in [0.2, 0.25) is 0 Å². The molecule has 2 N–H and O–H groups in total. The van der Waals surface area contributed by atoms with E-state index in [1.165, 1.54) is 12.1 Å². The summed E-state index contributed by atoms with van der Waals surface area (Å²) in [4.78, 5) is 26.0. The van der Waals surface area contributed by atoms with Gasteiger partial charge in [0.1, 0.15) is 5.75 Å². The van der Waals surface area contributed by atoms with E-state index in [1.54, 1.807) is 30.6 Å². The third kappa shape index (κ3) is 4.82. The number of hydrogen-bond donors (Lipinski definition) is 2. The number of pyridine rings is 1. The molecular weight excluding hydrogens is 374 g/mol. The van der Waals surface area contributed by atoms with Crippen molar-refractivity contribution >= 4 is 11.8 Å². The molecule has 1 atom stereocenters. The number of non-ortho nitro benzene ring substituents is 1. The van der Waals surface area contributed by atoms with Crippen LogP contribution in [0, 0.1) is 20.9 Å². The van der Waals surface area contributed by atoms with E-state index >= 15 is 0 Å². The number of benzene rings is 1. The van der Waals surface area contributed by atoms with Crippen molar-refractivity contribution in [2.24, 2.45) is 10.8 Å². The van der Waals surface area contributed by atoms with Gasteiger partial charge in [0.15, 0.2) is 0 Å². The highest BCUT2D eigenvalue weighted by Gasteiger charge is 2.54. The summed E-state index contributed by atoms with van der Waals surface area (Å²) < 4.78 is 6.00. The Hall–Kier alpha value is -3.16. The Morgan fingerprint density at radius 3 is 2.62 bits per heavy atom. The SMILES string of the molecule is CC(C)(C)C(NC(=O)O)C1(COc2cncc(-c3cccc([N+](=O)[O-])c3)c2)CC1.